The molecular formula is C18H18N2O4S. The molecule has 1 aromatic heterocycles. The summed E-state index contributed by atoms with van der Waals surface area (Å²) in [6.07, 6.45) is 0.323. The van der Waals surface area contributed by atoms with E-state index in [4.69, 9.17) is 13.9 Å². The number of hydrogen-bond acceptors (Lipinski definition) is 6. The van der Waals surface area contributed by atoms with Gasteiger partial charge in [0, 0.05) is 18.2 Å². The number of thioether (sulfide) groups is 1. The van der Waals surface area contributed by atoms with Crippen molar-refractivity contribution in [2.75, 3.05) is 25.3 Å². The van der Waals surface area contributed by atoms with Gasteiger partial charge in [-0.1, -0.05) is 23.9 Å². The highest BCUT2D eigenvalue weighted by atomic mass is 32.2. The highest BCUT2D eigenvalue weighted by Gasteiger charge is 2.11. The van der Waals surface area contributed by atoms with Gasteiger partial charge in [0.2, 0.25) is 5.91 Å². The Kier molecular flexibility index (Phi) is 5.45. The Labute approximate surface area is 149 Å². The zero-order valence-corrected chi connectivity index (χ0v) is 14.8. The van der Waals surface area contributed by atoms with Crippen molar-refractivity contribution in [3.8, 4) is 11.5 Å². The fraction of sp³-hybridized carbons (Fsp3) is 0.222. The number of amides is 1. The molecule has 0 saturated carbocycles. The number of fused-ring (bicyclic) bond motifs is 1. The fourth-order valence-electron chi connectivity index (χ4n) is 2.27. The van der Waals surface area contributed by atoms with Gasteiger partial charge in [-0.3, -0.25) is 4.79 Å². The van der Waals surface area contributed by atoms with E-state index in [0.29, 0.717) is 34.6 Å². The summed E-state index contributed by atoms with van der Waals surface area (Å²) in [6.45, 7) is 0. The molecule has 1 heterocycles. The van der Waals surface area contributed by atoms with Gasteiger partial charge in [0.05, 0.1) is 19.9 Å². The third kappa shape index (κ3) is 4.24. The lowest BCUT2D eigenvalue weighted by molar-refractivity contribution is -0.115. The maximum atomic E-state index is 12.2. The maximum Gasteiger partial charge on any atom is 0.256 e. The van der Waals surface area contributed by atoms with Crippen molar-refractivity contribution < 1.29 is 18.7 Å². The molecule has 6 nitrogen and oxygen atoms in total. The number of methoxy groups -OCH3 is 2. The third-order valence-electron chi connectivity index (χ3n) is 3.51. The second-order valence-corrected chi connectivity index (χ2v) is 6.21. The van der Waals surface area contributed by atoms with E-state index in [-0.39, 0.29) is 5.91 Å². The molecule has 1 N–H and O–H groups in total. The summed E-state index contributed by atoms with van der Waals surface area (Å²) < 4.78 is 16.0. The smallest absolute Gasteiger partial charge is 0.256 e. The molecule has 0 aliphatic rings. The Hall–Kier alpha value is -2.67. The highest BCUT2D eigenvalue weighted by Crippen LogP contribution is 2.29. The molecule has 130 valence electrons. The van der Waals surface area contributed by atoms with E-state index in [1.807, 2.05) is 24.3 Å². The van der Waals surface area contributed by atoms with Gasteiger partial charge < -0.3 is 19.2 Å². The van der Waals surface area contributed by atoms with Crippen molar-refractivity contribution >= 4 is 34.5 Å². The van der Waals surface area contributed by atoms with E-state index in [0.717, 1.165) is 11.1 Å². The van der Waals surface area contributed by atoms with Gasteiger partial charge in [-0.25, -0.2) is 4.98 Å². The van der Waals surface area contributed by atoms with Crippen LogP contribution in [0.5, 0.6) is 11.5 Å². The van der Waals surface area contributed by atoms with Crippen LogP contribution in [0.1, 0.15) is 6.42 Å². The van der Waals surface area contributed by atoms with Crippen molar-refractivity contribution in [1.82, 2.24) is 4.98 Å². The number of hydrogen-bond donors (Lipinski definition) is 1. The number of carbonyl (C=O) groups excluding carboxylic acids is 1. The summed E-state index contributed by atoms with van der Waals surface area (Å²) >= 11 is 1.41. The first kappa shape index (κ1) is 17.2. The first-order chi connectivity index (χ1) is 12.2. The molecule has 0 spiro atoms. The van der Waals surface area contributed by atoms with Crippen molar-refractivity contribution in [3.63, 3.8) is 0 Å². The zero-order valence-electron chi connectivity index (χ0n) is 13.9. The van der Waals surface area contributed by atoms with Crippen LogP contribution in [0.2, 0.25) is 0 Å². The van der Waals surface area contributed by atoms with Gasteiger partial charge >= 0.3 is 0 Å². The maximum absolute atomic E-state index is 12.2. The molecule has 0 bridgehead atoms. The Balaban J connectivity index is 1.56. The van der Waals surface area contributed by atoms with Crippen molar-refractivity contribution in [3.05, 3.63) is 42.5 Å². The standard InChI is InChI=1S/C18H18N2O4S/c1-22-12-7-8-15(23-2)14(11-12)19-17(21)9-10-25-18-20-13-5-3-4-6-16(13)24-18/h3-8,11H,9-10H2,1-2H3,(H,19,21). The summed E-state index contributed by atoms with van der Waals surface area (Å²) in [4.78, 5) is 16.5. The summed E-state index contributed by atoms with van der Waals surface area (Å²) in [7, 11) is 3.13. The van der Waals surface area contributed by atoms with Gasteiger partial charge in [-0.2, -0.15) is 0 Å². The molecule has 0 fully saturated rings. The number of nitrogens with one attached hydrogen (secondary N) is 1. The van der Waals surface area contributed by atoms with E-state index in [2.05, 4.69) is 10.3 Å². The molecule has 0 radical (unpaired) electrons. The molecule has 0 atom stereocenters. The number of carbonyl (C=O) groups is 1. The Morgan fingerprint density at radius 3 is 2.80 bits per heavy atom. The van der Waals surface area contributed by atoms with Crippen molar-refractivity contribution in [1.29, 1.82) is 0 Å². The van der Waals surface area contributed by atoms with Crippen LogP contribution in [0, 0.1) is 0 Å². The average molecular weight is 358 g/mol. The minimum absolute atomic E-state index is 0.116. The monoisotopic (exact) mass is 358 g/mol. The summed E-state index contributed by atoms with van der Waals surface area (Å²) in [5.41, 5.74) is 2.14. The minimum atomic E-state index is -0.116. The number of para-hydroxylation sites is 2. The topological polar surface area (TPSA) is 73.6 Å². The lowest BCUT2D eigenvalue weighted by atomic mass is 10.2. The fourth-order valence-corrected chi connectivity index (χ4v) is 3.04. The molecule has 0 aliphatic carbocycles. The van der Waals surface area contributed by atoms with Gasteiger partial charge in [-0.05, 0) is 24.3 Å². The predicted molar refractivity (Wildman–Crippen MR) is 97.5 cm³/mol. The van der Waals surface area contributed by atoms with Gasteiger partial charge in [0.25, 0.3) is 5.22 Å². The largest absolute Gasteiger partial charge is 0.497 e. The number of oxazole rings is 1. The number of nitrogens with zero attached hydrogens (tertiary/aromatic N) is 1. The van der Waals surface area contributed by atoms with Crippen LogP contribution in [0.4, 0.5) is 5.69 Å². The first-order valence-electron chi connectivity index (χ1n) is 7.70. The molecule has 0 aliphatic heterocycles. The summed E-state index contributed by atoms with van der Waals surface area (Å²) in [5, 5.41) is 3.40. The molecule has 2 aromatic carbocycles. The quantitative estimate of drug-likeness (QED) is 0.644. The van der Waals surface area contributed by atoms with Crippen molar-refractivity contribution in [2.24, 2.45) is 0 Å². The van der Waals surface area contributed by atoms with E-state index in [1.54, 1.807) is 32.4 Å². The third-order valence-corrected chi connectivity index (χ3v) is 4.34. The molecule has 0 saturated heterocycles. The van der Waals surface area contributed by atoms with E-state index in [1.165, 1.54) is 11.8 Å². The second kappa shape index (κ2) is 7.94. The van der Waals surface area contributed by atoms with Gasteiger partial charge in [0.15, 0.2) is 5.58 Å². The van der Waals surface area contributed by atoms with E-state index < -0.39 is 0 Å². The number of aromatic nitrogens is 1. The lowest BCUT2D eigenvalue weighted by Gasteiger charge is -2.11. The number of benzene rings is 2. The van der Waals surface area contributed by atoms with Crippen LogP contribution in [-0.4, -0.2) is 30.9 Å². The molecule has 0 unspecified atom stereocenters. The Bertz CT molecular complexity index is 845. The number of rotatable bonds is 7. The predicted octanol–water partition coefficient (Wildman–Crippen LogP) is 3.97. The highest BCUT2D eigenvalue weighted by molar-refractivity contribution is 7.99. The number of ether oxygens (including phenoxy) is 2. The molecule has 25 heavy (non-hydrogen) atoms. The van der Waals surface area contributed by atoms with E-state index in [9.17, 15) is 4.79 Å². The van der Waals surface area contributed by atoms with Gasteiger partial charge in [-0.15, -0.1) is 0 Å². The Morgan fingerprint density at radius 2 is 2.04 bits per heavy atom. The van der Waals surface area contributed by atoms with Gasteiger partial charge in [0.1, 0.15) is 17.0 Å². The lowest BCUT2D eigenvalue weighted by Crippen LogP contribution is -2.13. The van der Waals surface area contributed by atoms with Crippen LogP contribution < -0.4 is 14.8 Å². The second-order valence-electron chi connectivity index (χ2n) is 5.16. The van der Waals surface area contributed by atoms with Crippen LogP contribution in [-0.2, 0) is 4.79 Å². The zero-order chi connectivity index (χ0) is 17.6. The molecule has 7 heteroatoms. The van der Waals surface area contributed by atoms with E-state index >= 15 is 0 Å². The molecular weight excluding hydrogens is 340 g/mol. The molecule has 1 amide bonds. The van der Waals surface area contributed by atoms with Crippen LogP contribution in [0.3, 0.4) is 0 Å². The summed E-state index contributed by atoms with van der Waals surface area (Å²) in [5.74, 6) is 1.68. The SMILES string of the molecule is COc1ccc(OC)c(NC(=O)CCSc2nc3ccccc3o2)c1. The van der Waals surface area contributed by atoms with Crippen molar-refractivity contribution in [2.45, 2.75) is 11.6 Å². The normalized spacial score (nSPS) is 10.6. The average Bonchev–Trinajstić information content (AvgIpc) is 3.04. The number of anilines is 1. The first-order valence-corrected chi connectivity index (χ1v) is 8.68. The van der Waals surface area contributed by atoms with Crippen LogP contribution in [0.25, 0.3) is 11.1 Å². The summed E-state index contributed by atoms with van der Waals surface area (Å²) in [6, 6.07) is 12.8. The van der Waals surface area contributed by atoms with Crippen LogP contribution in [0.15, 0.2) is 52.1 Å². The molecule has 3 aromatic rings. The van der Waals surface area contributed by atoms with Crippen LogP contribution >= 0.6 is 11.8 Å². The minimum Gasteiger partial charge on any atom is -0.497 e. The Morgan fingerprint density at radius 1 is 1.20 bits per heavy atom. The molecule has 3 rings (SSSR count).